The Bertz CT molecular complexity index is 828. The van der Waals surface area contributed by atoms with Crippen molar-refractivity contribution in [3.05, 3.63) is 57.7 Å². The van der Waals surface area contributed by atoms with Gasteiger partial charge in [-0.3, -0.25) is 4.79 Å². The topological polar surface area (TPSA) is 17.1 Å². The summed E-state index contributed by atoms with van der Waals surface area (Å²) >= 11 is 1.71. The number of hydrogen-bond acceptors (Lipinski definition) is 2. The fraction of sp³-hybridized carbons (Fsp3) is 0.235. The summed E-state index contributed by atoms with van der Waals surface area (Å²) in [6.07, 6.45) is 0. The van der Waals surface area contributed by atoms with Crippen LogP contribution in [0.25, 0.3) is 20.2 Å². The lowest BCUT2D eigenvalue weighted by atomic mass is 9.94. The summed E-state index contributed by atoms with van der Waals surface area (Å²) in [6.45, 7) is 6.40. The van der Waals surface area contributed by atoms with E-state index in [4.69, 9.17) is 0 Å². The second kappa shape index (κ2) is 4.46. The molecule has 3 rings (SSSR count). The van der Waals surface area contributed by atoms with Crippen LogP contribution in [0.3, 0.4) is 0 Å². The largest absolute Gasteiger partial charge is 0.288 e. The van der Waals surface area contributed by atoms with E-state index < -0.39 is 0 Å². The summed E-state index contributed by atoms with van der Waals surface area (Å²) in [7, 11) is 0. The van der Waals surface area contributed by atoms with Crippen LogP contribution in [0, 0.1) is 6.92 Å². The van der Waals surface area contributed by atoms with Gasteiger partial charge in [-0.25, -0.2) is 0 Å². The summed E-state index contributed by atoms with van der Waals surface area (Å²) in [4.78, 5) is 12.8. The molecule has 96 valence electrons. The van der Waals surface area contributed by atoms with E-state index in [0.29, 0.717) is 5.92 Å². The Balaban J connectivity index is 2.60. The molecule has 2 aromatic carbocycles. The lowest BCUT2D eigenvalue weighted by molar-refractivity contribution is 0.866. The average molecular weight is 268 g/mol. The summed E-state index contributed by atoms with van der Waals surface area (Å²) < 4.78 is 2.16. The van der Waals surface area contributed by atoms with Crippen molar-refractivity contribution in [2.45, 2.75) is 26.7 Å². The SMILES string of the molecule is Cc1ccc2sc3ccccc3c(=O)c2c1C(C)C. The molecule has 0 aliphatic heterocycles. The molecule has 0 atom stereocenters. The van der Waals surface area contributed by atoms with Crippen LogP contribution < -0.4 is 5.43 Å². The van der Waals surface area contributed by atoms with E-state index in [9.17, 15) is 4.79 Å². The van der Waals surface area contributed by atoms with Gasteiger partial charge in [0, 0.05) is 20.2 Å². The minimum absolute atomic E-state index is 0.178. The first-order valence-corrected chi connectivity index (χ1v) is 7.36. The Labute approximate surface area is 116 Å². The van der Waals surface area contributed by atoms with Gasteiger partial charge in [-0.1, -0.05) is 32.0 Å². The Hall–Kier alpha value is -1.67. The van der Waals surface area contributed by atoms with Crippen molar-refractivity contribution in [3.8, 4) is 0 Å². The fourth-order valence-electron chi connectivity index (χ4n) is 2.76. The van der Waals surface area contributed by atoms with E-state index in [2.05, 4.69) is 32.9 Å². The fourth-order valence-corrected chi connectivity index (χ4v) is 3.86. The molecule has 0 saturated heterocycles. The van der Waals surface area contributed by atoms with Gasteiger partial charge in [0.2, 0.25) is 0 Å². The quantitative estimate of drug-likeness (QED) is 0.577. The maximum atomic E-state index is 12.8. The van der Waals surface area contributed by atoms with Gasteiger partial charge in [-0.15, -0.1) is 11.3 Å². The second-order valence-electron chi connectivity index (χ2n) is 5.25. The van der Waals surface area contributed by atoms with Crippen LogP contribution in [-0.2, 0) is 0 Å². The summed E-state index contributed by atoms with van der Waals surface area (Å²) in [5.41, 5.74) is 2.59. The highest BCUT2D eigenvalue weighted by Gasteiger charge is 2.14. The van der Waals surface area contributed by atoms with Gasteiger partial charge in [-0.05, 0) is 42.2 Å². The first-order chi connectivity index (χ1) is 9.09. The highest BCUT2D eigenvalue weighted by atomic mass is 32.1. The molecule has 0 unspecified atom stereocenters. The second-order valence-corrected chi connectivity index (χ2v) is 6.34. The van der Waals surface area contributed by atoms with Crippen molar-refractivity contribution in [3.63, 3.8) is 0 Å². The number of benzene rings is 2. The maximum Gasteiger partial charge on any atom is 0.196 e. The summed E-state index contributed by atoms with van der Waals surface area (Å²) in [5, 5.41) is 1.76. The first kappa shape index (κ1) is 12.4. The molecule has 0 N–H and O–H groups in total. The van der Waals surface area contributed by atoms with Crippen molar-refractivity contribution in [2.24, 2.45) is 0 Å². The van der Waals surface area contributed by atoms with E-state index >= 15 is 0 Å². The first-order valence-electron chi connectivity index (χ1n) is 6.54. The van der Waals surface area contributed by atoms with Gasteiger partial charge >= 0.3 is 0 Å². The van der Waals surface area contributed by atoms with Crippen LogP contribution in [0.5, 0.6) is 0 Å². The van der Waals surface area contributed by atoms with Crippen LogP contribution in [0.4, 0.5) is 0 Å². The standard InChI is InChI=1S/C17H16OS/c1-10(2)15-11(3)8-9-14-16(15)17(18)12-6-4-5-7-13(12)19-14/h4-10H,1-3H3. The Morgan fingerprint density at radius 2 is 1.74 bits per heavy atom. The molecule has 0 amide bonds. The van der Waals surface area contributed by atoms with Gasteiger partial charge in [0.05, 0.1) is 0 Å². The smallest absolute Gasteiger partial charge is 0.196 e. The van der Waals surface area contributed by atoms with Crippen molar-refractivity contribution in [1.82, 2.24) is 0 Å². The van der Waals surface area contributed by atoms with Crippen LogP contribution in [-0.4, -0.2) is 0 Å². The number of rotatable bonds is 1. The minimum atomic E-state index is 0.178. The van der Waals surface area contributed by atoms with Gasteiger partial charge in [0.15, 0.2) is 5.43 Å². The highest BCUT2D eigenvalue weighted by molar-refractivity contribution is 7.24. The molecule has 0 spiro atoms. The third-order valence-electron chi connectivity index (χ3n) is 3.58. The van der Waals surface area contributed by atoms with Gasteiger partial charge in [0.1, 0.15) is 0 Å². The lowest BCUT2D eigenvalue weighted by Crippen LogP contribution is -2.06. The molecule has 1 nitrogen and oxygen atoms in total. The Morgan fingerprint density at radius 3 is 2.47 bits per heavy atom. The lowest BCUT2D eigenvalue weighted by Gasteiger charge is -2.13. The van der Waals surface area contributed by atoms with E-state index in [1.165, 1.54) is 11.1 Å². The zero-order valence-electron chi connectivity index (χ0n) is 11.4. The van der Waals surface area contributed by atoms with E-state index in [1.807, 2.05) is 24.3 Å². The molecule has 2 heteroatoms. The monoisotopic (exact) mass is 268 g/mol. The molecular weight excluding hydrogens is 252 g/mol. The van der Waals surface area contributed by atoms with E-state index in [-0.39, 0.29) is 5.43 Å². The van der Waals surface area contributed by atoms with E-state index in [1.54, 1.807) is 11.3 Å². The molecule has 0 aliphatic rings. The predicted molar refractivity (Wildman–Crippen MR) is 84.4 cm³/mol. The maximum absolute atomic E-state index is 12.8. The summed E-state index contributed by atoms with van der Waals surface area (Å²) in [6, 6.07) is 12.1. The van der Waals surface area contributed by atoms with Crippen LogP contribution in [0.2, 0.25) is 0 Å². The zero-order valence-corrected chi connectivity index (χ0v) is 12.2. The Kier molecular flexibility index (Phi) is 2.90. The molecule has 0 aliphatic carbocycles. The molecule has 0 saturated carbocycles. The van der Waals surface area contributed by atoms with Gasteiger partial charge in [0.25, 0.3) is 0 Å². The number of hydrogen-bond donors (Lipinski definition) is 0. The zero-order chi connectivity index (χ0) is 13.6. The summed E-state index contributed by atoms with van der Waals surface area (Å²) in [5.74, 6) is 0.366. The molecule has 0 bridgehead atoms. The highest BCUT2D eigenvalue weighted by Crippen LogP contribution is 2.31. The predicted octanol–water partition coefficient (Wildman–Crippen LogP) is 4.85. The van der Waals surface area contributed by atoms with Crippen LogP contribution >= 0.6 is 11.3 Å². The molecule has 3 aromatic rings. The van der Waals surface area contributed by atoms with Crippen LogP contribution in [0.1, 0.15) is 30.9 Å². The molecular formula is C17H16OS. The molecule has 0 fully saturated rings. The molecule has 0 radical (unpaired) electrons. The molecule has 1 aromatic heterocycles. The number of fused-ring (bicyclic) bond motifs is 2. The van der Waals surface area contributed by atoms with Crippen molar-refractivity contribution >= 4 is 31.5 Å². The third-order valence-corrected chi connectivity index (χ3v) is 4.72. The molecule has 19 heavy (non-hydrogen) atoms. The number of aryl methyl sites for hydroxylation is 1. The normalized spacial score (nSPS) is 11.6. The Morgan fingerprint density at radius 1 is 1.00 bits per heavy atom. The average Bonchev–Trinajstić information content (AvgIpc) is 2.39. The van der Waals surface area contributed by atoms with Crippen molar-refractivity contribution in [2.75, 3.05) is 0 Å². The van der Waals surface area contributed by atoms with E-state index in [0.717, 1.165) is 20.2 Å². The van der Waals surface area contributed by atoms with Gasteiger partial charge in [-0.2, -0.15) is 0 Å². The molecule has 1 heterocycles. The van der Waals surface area contributed by atoms with Crippen molar-refractivity contribution < 1.29 is 0 Å². The minimum Gasteiger partial charge on any atom is -0.288 e. The third kappa shape index (κ3) is 1.87. The van der Waals surface area contributed by atoms with Crippen molar-refractivity contribution in [1.29, 1.82) is 0 Å². The van der Waals surface area contributed by atoms with Crippen LogP contribution in [0.15, 0.2) is 41.2 Å². The van der Waals surface area contributed by atoms with Gasteiger partial charge < -0.3 is 0 Å².